The molecule has 0 aliphatic rings. The van der Waals surface area contributed by atoms with E-state index in [2.05, 4.69) is 121 Å². The summed E-state index contributed by atoms with van der Waals surface area (Å²) in [7, 11) is 0. The van der Waals surface area contributed by atoms with Crippen LogP contribution in [0.4, 0.5) is 17.1 Å². The van der Waals surface area contributed by atoms with Gasteiger partial charge in [0.15, 0.2) is 0 Å². The van der Waals surface area contributed by atoms with Crippen LogP contribution >= 0.6 is 0 Å². The third kappa shape index (κ3) is 6.14. The van der Waals surface area contributed by atoms with Gasteiger partial charge in [-0.15, -0.1) is 0 Å². The Bertz CT molecular complexity index is 1040. The Morgan fingerprint density at radius 1 is 0.515 bits per heavy atom. The third-order valence-corrected chi connectivity index (χ3v) is 6.26. The molecule has 4 aromatic rings. The van der Waals surface area contributed by atoms with Gasteiger partial charge in [-0.05, 0) is 54.3 Å². The highest BCUT2D eigenvalue weighted by Gasteiger charge is 2.16. The summed E-state index contributed by atoms with van der Waals surface area (Å²) in [6.45, 7) is 2.28. The van der Waals surface area contributed by atoms with Crippen LogP contribution in [0, 0.1) is 0 Å². The highest BCUT2D eigenvalue weighted by molar-refractivity contribution is 5.87. The van der Waals surface area contributed by atoms with Gasteiger partial charge < -0.3 is 4.90 Å². The first kappa shape index (κ1) is 22.9. The zero-order chi connectivity index (χ0) is 22.7. The van der Waals surface area contributed by atoms with E-state index >= 15 is 0 Å². The van der Waals surface area contributed by atoms with Crippen LogP contribution in [0.3, 0.4) is 0 Å². The van der Waals surface area contributed by atoms with Gasteiger partial charge in [0, 0.05) is 16.9 Å². The summed E-state index contributed by atoms with van der Waals surface area (Å²) in [5.74, 6) is 0. The van der Waals surface area contributed by atoms with Crippen LogP contribution in [-0.4, -0.2) is 0 Å². The summed E-state index contributed by atoms with van der Waals surface area (Å²) in [6.07, 6.45) is 9.24. The lowest BCUT2D eigenvalue weighted by Gasteiger charge is -2.27. The number of para-hydroxylation sites is 3. The number of hydrogen-bond donors (Lipinski definition) is 0. The first-order valence-electron chi connectivity index (χ1n) is 12.5. The number of benzene rings is 4. The van der Waals surface area contributed by atoms with Gasteiger partial charge in [0.1, 0.15) is 0 Å². The van der Waals surface area contributed by atoms with Gasteiger partial charge in [-0.1, -0.05) is 118 Å². The summed E-state index contributed by atoms with van der Waals surface area (Å²) in [4.78, 5) is 2.35. The molecule has 0 heterocycles. The second-order valence-corrected chi connectivity index (χ2v) is 8.74. The monoisotopic (exact) mass is 433 g/mol. The van der Waals surface area contributed by atoms with Crippen LogP contribution in [0.15, 0.2) is 109 Å². The van der Waals surface area contributed by atoms with E-state index < -0.39 is 0 Å². The van der Waals surface area contributed by atoms with Crippen LogP contribution in [0.5, 0.6) is 0 Å². The number of unbranched alkanes of at least 4 members (excludes halogenated alkanes) is 5. The molecule has 0 unspecified atom stereocenters. The Hall–Kier alpha value is -3.32. The maximum Gasteiger partial charge on any atom is 0.0540 e. The van der Waals surface area contributed by atoms with Crippen LogP contribution in [0.1, 0.15) is 51.0 Å². The maximum absolute atomic E-state index is 2.35. The lowest BCUT2D eigenvalue weighted by Crippen LogP contribution is -2.10. The minimum atomic E-state index is 1.16. The fraction of sp³-hybridized carbons (Fsp3) is 0.250. The normalized spacial score (nSPS) is 10.8. The molecule has 0 spiro atoms. The van der Waals surface area contributed by atoms with E-state index in [0.29, 0.717) is 0 Å². The number of nitrogens with zero attached hydrogens (tertiary/aromatic N) is 1. The average molecular weight is 434 g/mol. The van der Waals surface area contributed by atoms with Gasteiger partial charge in [-0.3, -0.25) is 0 Å². The highest BCUT2D eigenvalue weighted by Crippen LogP contribution is 2.40. The molecule has 1 heteroatoms. The number of hydrogen-bond acceptors (Lipinski definition) is 1. The van der Waals surface area contributed by atoms with E-state index in [1.807, 2.05) is 0 Å². The standard InChI is InChI=1S/C32H35N/c1-2-3-4-5-6-9-16-27-23-25-28(26-24-27)31-21-14-15-22-32(31)33(29-17-10-7-11-18-29)30-19-12-8-13-20-30/h7-8,10-15,17-26H,2-6,9,16H2,1H3. The summed E-state index contributed by atoms with van der Waals surface area (Å²) in [6, 6.07) is 39.2. The molecular weight excluding hydrogens is 398 g/mol. The second-order valence-electron chi connectivity index (χ2n) is 8.74. The smallest absolute Gasteiger partial charge is 0.0540 e. The van der Waals surface area contributed by atoms with Crippen LogP contribution in [0.25, 0.3) is 11.1 Å². The number of aryl methyl sites for hydroxylation is 1. The molecule has 0 fully saturated rings. The van der Waals surface area contributed by atoms with E-state index in [1.54, 1.807) is 0 Å². The Balaban J connectivity index is 1.58. The molecule has 0 atom stereocenters. The Kier molecular flexibility index (Phi) is 8.36. The summed E-state index contributed by atoms with van der Waals surface area (Å²) < 4.78 is 0. The van der Waals surface area contributed by atoms with Crippen molar-refractivity contribution in [2.24, 2.45) is 0 Å². The summed E-state index contributed by atoms with van der Waals surface area (Å²) in [5.41, 5.74) is 7.46. The molecule has 0 aromatic heterocycles. The minimum absolute atomic E-state index is 1.16. The van der Waals surface area contributed by atoms with E-state index in [4.69, 9.17) is 0 Å². The first-order chi connectivity index (χ1) is 16.4. The van der Waals surface area contributed by atoms with Crippen LogP contribution < -0.4 is 4.90 Å². The van der Waals surface area contributed by atoms with Gasteiger partial charge in [-0.2, -0.15) is 0 Å². The van der Waals surface area contributed by atoms with Gasteiger partial charge in [-0.25, -0.2) is 0 Å². The Morgan fingerprint density at radius 3 is 1.70 bits per heavy atom. The molecule has 33 heavy (non-hydrogen) atoms. The maximum atomic E-state index is 2.35. The third-order valence-electron chi connectivity index (χ3n) is 6.26. The van der Waals surface area contributed by atoms with Crippen LogP contribution in [-0.2, 0) is 6.42 Å². The first-order valence-corrected chi connectivity index (χ1v) is 12.5. The Labute approximate surface area is 199 Å². The van der Waals surface area contributed by atoms with E-state index in [0.717, 1.165) is 11.4 Å². The van der Waals surface area contributed by atoms with Crippen molar-refractivity contribution in [1.82, 2.24) is 0 Å². The van der Waals surface area contributed by atoms with Crippen molar-refractivity contribution in [2.75, 3.05) is 4.90 Å². The quantitative estimate of drug-likeness (QED) is 0.213. The molecular formula is C32H35N. The second kappa shape index (κ2) is 12.1. The predicted octanol–water partition coefficient (Wildman–Crippen LogP) is 9.73. The van der Waals surface area contributed by atoms with E-state index in [9.17, 15) is 0 Å². The molecule has 0 aliphatic carbocycles. The van der Waals surface area contributed by atoms with Crippen molar-refractivity contribution in [2.45, 2.75) is 51.9 Å². The summed E-state index contributed by atoms with van der Waals surface area (Å²) in [5, 5.41) is 0. The zero-order valence-corrected chi connectivity index (χ0v) is 19.8. The molecule has 0 saturated carbocycles. The Morgan fingerprint density at radius 2 is 1.06 bits per heavy atom. The van der Waals surface area contributed by atoms with E-state index in [1.165, 1.54) is 67.3 Å². The van der Waals surface area contributed by atoms with Crippen molar-refractivity contribution in [3.05, 3.63) is 115 Å². The number of rotatable bonds is 11. The topological polar surface area (TPSA) is 3.24 Å². The van der Waals surface area contributed by atoms with Gasteiger partial charge >= 0.3 is 0 Å². The lowest BCUT2D eigenvalue weighted by molar-refractivity contribution is 0.607. The molecule has 0 amide bonds. The van der Waals surface area contributed by atoms with Crippen molar-refractivity contribution in [1.29, 1.82) is 0 Å². The SMILES string of the molecule is CCCCCCCCc1ccc(-c2ccccc2N(c2ccccc2)c2ccccc2)cc1. The molecule has 0 bridgehead atoms. The zero-order valence-electron chi connectivity index (χ0n) is 19.8. The predicted molar refractivity (Wildman–Crippen MR) is 144 cm³/mol. The molecule has 1 nitrogen and oxygen atoms in total. The largest absolute Gasteiger partial charge is 0.310 e. The summed E-state index contributed by atoms with van der Waals surface area (Å²) >= 11 is 0. The van der Waals surface area contributed by atoms with Crippen molar-refractivity contribution >= 4 is 17.1 Å². The lowest BCUT2D eigenvalue weighted by atomic mass is 9.98. The molecule has 0 N–H and O–H groups in total. The van der Waals surface area contributed by atoms with Crippen molar-refractivity contribution in [3.8, 4) is 11.1 Å². The van der Waals surface area contributed by atoms with Crippen LogP contribution in [0.2, 0.25) is 0 Å². The fourth-order valence-corrected chi connectivity index (χ4v) is 4.45. The molecule has 0 radical (unpaired) electrons. The molecule has 4 aromatic carbocycles. The number of anilines is 3. The molecule has 168 valence electrons. The van der Waals surface area contributed by atoms with Crippen molar-refractivity contribution < 1.29 is 0 Å². The highest BCUT2D eigenvalue weighted by atomic mass is 15.1. The van der Waals surface area contributed by atoms with E-state index in [-0.39, 0.29) is 0 Å². The fourth-order valence-electron chi connectivity index (χ4n) is 4.45. The molecule has 4 rings (SSSR count). The van der Waals surface area contributed by atoms with Crippen molar-refractivity contribution in [3.63, 3.8) is 0 Å². The average Bonchev–Trinajstić information content (AvgIpc) is 2.88. The van der Waals surface area contributed by atoms with Gasteiger partial charge in [0.05, 0.1) is 5.69 Å². The van der Waals surface area contributed by atoms with Gasteiger partial charge in [0.2, 0.25) is 0 Å². The molecule has 0 aliphatic heterocycles. The molecule has 0 saturated heterocycles. The van der Waals surface area contributed by atoms with Gasteiger partial charge in [0.25, 0.3) is 0 Å². The minimum Gasteiger partial charge on any atom is -0.310 e.